The van der Waals surface area contributed by atoms with Gasteiger partial charge in [0.05, 0.1) is 20.8 Å². The minimum absolute atomic E-state index is 0.00439. The van der Waals surface area contributed by atoms with Crippen LogP contribution in [0.1, 0.15) is 53.4 Å². The summed E-state index contributed by atoms with van der Waals surface area (Å²) in [6, 6.07) is 22.2. The van der Waals surface area contributed by atoms with Crippen molar-refractivity contribution in [1.29, 1.82) is 0 Å². The van der Waals surface area contributed by atoms with Gasteiger partial charge in [0.15, 0.2) is 0 Å². The monoisotopic (exact) mass is 632 g/mol. The van der Waals surface area contributed by atoms with Gasteiger partial charge >= 0.3 is 0 Å². The first-order valence-corrected chi connectivity index (χ1v) is 15.9. The molecule has 234 valence electrons. The van der Waals surface area contributed by atoms with Crippen LogP contribution in [0.15, 0.2) is 96.8 Å². The molecule has 0 saturated heterocycles. The Hall–Kier alpha value is -6.02. The Bertz CT molecular complexity index is 2370. The van der Waals surface area contributed by atoms with Crippen molar-refractivity contribution in [3.63, 3.8) is 0 Å². The van der Waals surface area contributed by atoms with Crippen LogP contribution in [0.4, 0.5) is 0 Å². The molecule has 0 saturated carbocycles. The second-order valence-corrected chi connectivity index (χ2v) is 12.6. The highest BCUT2D eigenvalue weighted by Crippen LogP contribution is 2.46. The SMILES string of the molecule is COC1=CCC(CN2C(=O)c3ccc4c5ccc6c7c(ccc(c8ccc(c3c48)C2=O)c75)C(=O)N(Cc2ccc(OC)cc2)C6=O)C=C1. The molecule has 1 aliphatic carbocycles. The molecule has 1 unspecified atom stereocenters. The molecule has 9 rings (SSSR count). The molecule has 2 aliphatic heterocycles. The molecule has 1 atom stereocenters. The van der Waals surface area contributed by atoms with Crippen molar-refractivity contribution in [2.75, 3.05) is 20.8 Å². The lowest BCUT2D eigenvalue weighted by Crippen LogP contribution is -2.43. The average Bonchev–Trinajstić information content (AvgIpc) is 3.13. The van der Waals surface area contributed by atoms with E-state index in [-0.39, 0.29) is 42.6 Å². The Kier molecular flexibility index (Phi) is 6.02. The summed E-state index contributed by atoms with van der Waals surface area (Å²) in [5, 5.41) is 6.40. The Balaban J connectivity index is 1.17. The number of benzene rings is 6. The number of fused-ring (bicyclic) bond motifs is 2. The molecule has 48 heavy (non-hydrogen) atoms. The Morgan fingerprint density at radius 3 is 1.48 bits per heavy atom. The molecule has 6 aromatic carbocycles. The van der Waals surface area contributed by atoms with Gasteiger partial charge in [-0.2, -0.15) is 0 Å². The summed E-state index contributed by atoms with van der Waals surface area (Å²) in [5.74, 6) is 0.151. The van der Waals surface area contributed by atoms with Gasteiger partial charge in [-0.25, -0.2) is 0 Å². The van der Waals surface area contributed by atoms with Crippen LogP contribution in [-0.4, -0.2) is 54.2 Å². The lowest BCUT2D eigenvalue weighted by molar-refractivity contribution is 0.0581. The highest BCUT2D eigenvalue weighted by molar-refractivity contribution is 6.41. The van der Waals surface area contributed by atoms with Crippen molar-refractivity contribution in [3.8, 4) is 5.75 Å². The standard InChI is InChI=1S/C40H28N2O6/c1-47-23-7-3-21(4-8-23)19-41-37(43)29-15-11-25-27-13-17-31-36-32(40(46)42(39(31)45)20-22-5-9-24(48-2)10-6-22)18-14-28(34(27)36)26-12-16-30(38(41)44)35(29)33(25)26/h3-5,7-18,22H,6,19-20H2,1-2H3. The van der Waals surface area contributed by atoms with Crippen LogP contribution in [0.2, 0.25) is 0 Å². The molecule has 8 heteroatoms. The second kappa shape index (κ2) is 10.2. The van der Waals surface area contributed by atoms with Crippen LogP contribution < -0.4 is 4.74 Å². The zero-order chi connectivity index (χ0) is 32.8. The van der Waals surface area contributed by atoms with E-state index < -0.39 is 0 Å². The molecule has 0 N–H and O–H groups in total. The first kappa shape index (κ1) is 28.2. The van der Waals surface area contributed by atoms with Gasteiger partial charge in [-0.1, -0.05) is 42.5 Å². The van der Waals surface area contributed by atoms with E-state index in [9.17, 15) is 19.2 Å². The Morgan fingerprint density at radius 1 is 0.583 bits per heavy atom. The predicted molar refractivity (Wildman–Crippen MR) is 183 cm³/mol. The number of nitrogens with zero attached hydrogens (tertiary/aromatic N) is 2. The number of hydrogen-bond acceptors (Lipinski definition) is 6. The van der Waals surface area contributed by atoms with E-state index in [0.29, 0.717) is 45.2 Å². The largest absolute Gasteiger partial charge is 0.497 e. The maximum Gasteiger partial charge on any atom is 0.261 e. The zero-order valence-electron chi connectivity index (χ0n) is 26.2. The van der Waals surface area contributed by atoms with Crippen molar-refractivity contribution >= 4 is 66.7 Å². The van der Waals surface area contributed by atoms with Gasteiger partial charge in [0, 0.05) is 39.6 Å². The first-order valence-electron chi connectivity index (χ1n) is 15.9. The summed E-state index contributed by atoms with van der Waals surface area (Å²) in [4.78, 5) is 58.3. The molecule has 8 nitrogen and oxygen atoms in total. The van der Waals surface area contributed by atoms with Crippen molar-refractivity contribution in [3.05, 3.63) is 125 Å². The minimum Gasteiger partial charge on any atom is -0.497 e. The lowest BCUT2D eigenvalue weighted by Gasteiger charge is -2.31. The highest BCUT2D eigenvalue weighted by Gasteiger charge is 2.37. The maximum atomic E-state index is 13.9. The summed E-state index contributed by atoms with van der Waals surface area (Å²) in [7, 11) is 3.21. The number of ether oxygens (including phenoxy) is 2. The van der Waals surface area contributed by atoms with Crippen LogP contribution in [0.3, 0.4) is 0 Å². The van der Waals surface area contributed by atoms with Gasteiger partial charge in [-0.3, -0.25) is 29.0 Å². The van der Waals surface area contributed by atoms with Crippen LogP contribution in [0.5, 0.6) is 5.75 Å². The van der Waals surface area contributed by atoms with E-state index in [1.54, 1.807) is 38.5 Å². The third kappa shape index (κ3) is 3.83. The third-order valence-corrected chi connectivity index (χ3v) is 10.1. The van der Waals surface area contributed by atoms with E-state index >= 15 is 0 Å². The second-order valence-electron chi connectivity index (χ2n) is 12.6. The molecule has 0 bridgehead atoms. The molecule has 0 spiro atoms. The molecule has 0 aromatic heterocycles. The number of rotatable bonds is 6. The van der Waals surface area contributed by atoms with E-state index in [0.717, 1.165) is 43.6 Å². The predicted octanol–water partition coefficient (Wildman–Crippen LogP) is 7.24. The molecule has 0 fully saturated rings. The maximum absolute atomic E-state index is 13.9. The molecule has 3 aliphatic rings. The van der Waals surface area contributed by atoms with Crippen LogP contribution in [-0.2, 0) is 11.3 Å². The normalized spacial score (nSPS) is 17.4. The zero-order valence-corrected chi connectivity index (χ0v) is 26.2. The van der Waals surface area contributed by atoms with Crippen LogP contribution in [0, 0.1) is 5.92 Å². The van der Waals surface area contributed by atoms with E-state index in [1.807, 2.05) is 66.8 Å². The Morgan fingerprint density at radius 2 is 1.06 bits per heavy atom. The fraction of sp³-hybridized carbons (Fsp3) is 0.150. The number of allylic oxidation sites excluding steroid dienone is 2. The molecule has 4 amide bonds. The smallest absolute Gasteiger partial charge is 0.261 e. The summed E-state index contributed by atoms with van der Waals surface area (Å²) in [6.07, 6.45) is 6.50. The first-order chi connectivity index (χ1) is 23.4. The summed E-state index contributed by atoms with van der Waals surface area (Å²) < 4.78 is 10.5. The number of imide groups is 2. The number of methoxy groups -OCH3 is 2. The summed E-state index contributed by atoms with van der Waals surface area (Å²) in [5.41, 5.74) is 2.74. The summed E-state index contributed by atoms with van der Waals surface area (Å²) in [6.45, 7) is 0.415. The van der Waals surface area contributed by atoms with Gasteiger partial charge in [0.25, 0.3) is 23.6 Å². The van der Waals surface area contributed by atoms with Crippen LogP contribution >= 0.6 is 0 Å². The minimum atomic E-state index is -0.346. The molecule has 0 radical (unpaired) electrons. The quantitative estimate of drug-likeness (QED) is 0.109. The van der Waals surface area contributed by atoms with Crippen LogP contribution in [0.25, 0.3) is 43.1 Å². The van der Waals surface area contributed by atoms with Crippen molar-refractivity contribution in [1.82, 2.24) is 9.80 Å². The lowest BCUT2D eigenvalue weighted by atomic mass is 9.82. The number of carbonyl (C=O) groups is 4. The fourth-order valence-corrected chi connectivity index (χ4v) is 7.76. The summed E-state index contributed by atoms with van der Waals surface area (Å²) >= 11 is 0. The van der Waals surface area contributed by atoms with Crippen molar-refractivity contribution in [2.24, 2.45) is 5.92 Å². The van der Waals surface area contributed by atoms with Crippen molar-refractivity contribution < 1.29 is 28.7 Å². The van der Waals surface area contributed by atoms with Gasteiger partial charge < -0.3 is 9.47 Å². The Labute approximate surface area is 274 Å². The molecule has 2 heterocycles. The van der Waals surface area contributed by atoms with Gasteiger partial charge in [-0.05, 0) is 98.8 Å². The topological polar surface area (TPSA) is 93.2 Å². The van der Waals surface area contributed by atoms with Gasteiger partial charge in [0.1, 0.15) is 11.5 Å². The van der Waals surface area contributed by atoms with E-state index in [1.165, 1.54) is 9.80 Å². The average molecular weight is 633 g/mol. The number of amides is 4. The number of hydrogen-bond donors (Lipinski definition) is 0. The third-order valence-electron chi connectivity index (χ3n) is 10.1. The number of carbonyl (C=O) groups excluding carboxylic acids is 4. The highest BCUT2D eigenvalue weighted by atomic mass is 16.5. The van der Waals surface area contributed by atoms with E-state index in [4.69, 9.17) is 9.47 Å². The van der Waals surface area contributed by atoms with Gasteiger partial charge in [0.2, 0.25) is 0 Å². The van der Waals surface area contributed by atoms with Crippen molar-refractivity contribution in [2.45, 2.75) is 13.0 Å². The molecular weight excluding hydrogens is 604 g/mol. The molecular formula is C40H28N2O6. The molecule has 6 aromatic rings. The van der Waals surface area contributed by atoms with E-state index in [2.05, 4.69) is 0 Å². The fourth-order valence-electron chi connectivity index (χ4n) is 7.76. The van der Waals surface area contributed by atoms with Gasteiger partial charge in [-0.15, -0.1) is 0 Å².